The predicted molar refractivity (Wildman–Crippen MR) is 94.4 cm³/mol. The van der Waals surface area contributed by atoms with Crippen LogP contribution in [0.4, 0.5) is 22.0 Å². The second kappa shape index (κ2) is 7.04. The fourth-order valence-electron chi connectivity index (χ4n) is 2.76. The third-order valence-corrected chi connectivity index (χ3v) is 4.06. The van der Waals surface area contributed by atoms with E-state index in [0.717, 1.165) is 18.9 Å². The number of fused-ring (bicyclic) bond motifs is 1. The van der Waals surface area contributed by atoms with E-state index in [1.165, 1.54) is 18.5 Å². The molecule has 8 nitrogen and oxygen atoms in total. The third-order valence-electron chi connectivity index (χ3n) is 4.06. The van der Waals surface area contributed by atoms with E-state index in [1.54, 1.807) is 19.2 Å². The number of nitrogens with one attached hydrogen (secondary N) is 1. The van der Waals surface area contributed by atoms with Crippen molar-refractivity contribution in [3.05, 3.63) is 36.4 Å². The number of methoxy groups -OCH3 is 1. The van der Waals surface area contributed by atoms with Gasteiger partial charge in [-0.15, -0.1) is 0 Å². The summed E-state index contributed by atoms with van der Waals surface area (Å²) in [4.78, 5) is 19.3. The van der Waals surface area contributed by atoms with E-state index in [1.807, 2.05) is 0 Å². The summed E-state index contributed by atoms with van der Waals surface area (Å²) in [6, 6.07) is 6.12. The van der Waals surface area contributed by atoms with Crippen LogP contribution in [0.25, 0.3) is 10.9 Å². The summed E-state index contributed by atoms with van der Waals surface area (Å²) in [7, 11) is 1.55. The van der Waals surface area contributed by atoms with Crippen LogP contribution in [0.5, 0.6) is 5.88 Å². The molecule has 1 saturated heterocycles. The van der Waals surface area contributed by atoms with Crippen LogP contribution in [0.1, 0.15) is 0 Å². The van der Waals surface area contributed by atoms with Gasteiger partial charge in [0, 0.05) is 30.6 Å². The molecule has 134 valence electrons. The van der Waals surface area contributed by atoms with Crippen molar-refractivity contribution in [3.8, 4) is 5.88 Å². The Balaban J connectivity index is 1.69. The summed E-state index contributed by atoms with van der Waals surface area (Å²) in [6.07, 6.45) is 1.37. The van der Waals surface area contributed by atoms with E-state index < -0.39 is 0 Å². The van der Waals surface area contributed by atoms with Gasteiger partial charge in [-0.1, -0.05) is 0 Å². The molecule has 0 aliphatic carbocycles. The molecule has 0 saturated carbocycles. The van der Waals surface area contributed by atoms with E-state index in [9.17, 15) is 4.39 Å². The quantitative estimate of drug-likeness (QED) is 0.761. The Morgan fingerprint density at radius 1 is 1.15 bits per heavy atom. The molecule has 26 heavy (non-hydrogen) atoms. The highest BCUT2D eigenvalue weighted by Crippen LogP contribution is 2.25. The molecule has 0 radical (unpaired) electrons. The van der Waals surface area contributed by atoms with Gasteiger partial charge in [0.05, 0.1) is 25.8 Å². The summed E-state index contributed by atoms with van der Waals surface area (Å²) < 4.78 is 24.1. The zero-order valence-corrected chi connectivity index (χ0v) is 14.1. The van der Waals surface area contributed by atoms with Gasteiger partial charge in [0.25, 0.3) is 0 Å². The van der Waals surface area contributed by atoms with Crippen molar-refractivity contribution in [2.45, 2.75) is 0 Å². The first-order valence-corrected chi connectivity index (χ1v) is 8.16. The number of hydrogen-bond acceptors (Lipinski definition) is 8. The molecule has 4 rings (SSSR count). The summed E-state index contributed by atoms with van der Waals surface area (Å²) in [5.41, 5.74) is 0.499. The second-order valence-electron chi connectivity index (χ2n) is 5.70. The highest BCUT2D eigenvalue weighted by molar-refractivity contribution is 5.90. The van der Waals surface area contributed by atoms with E-state index in [4.69, 9.17) is 9.47 Å². The highest BCUT2D eigenvalue weighted by atomic mass is 19.1. The molecule has 0 spiro atoms. The molecule has 1 aliphatic rings. The molecule has 3 aromatic rings. The maximum Gasteiger partial charge on any atom is 0.233 e. The molecule has 1 aliphatic heterocycles. The van der Waals surface area contributed by atoms with Gasteiger partial charge in [0.1, 0.15) is 23.8 Å². The van der Waals surface area contributed by atoms with Crippen LogP contribution >= 0.6 is 0 Å². The maximum absolute atomic E-state index is 13.4. The lowest BCUT2D eigenvalue weighted by Crippen LogP contribution is -2.36. The minimum Gasteiger partial charge on any atom is -0.481 e. The lowest BCUT2D eigenvalue weighted by atomic mass is 10.2. The van der Waals surface area contributed by atoms with Gasteiger partial charge >= 0.3 is 0 Å². The van der Waals surface area contributed by atoms with Crippen LogP contribution in [-0.2, 0) is 4.74 Å². The third kappa shape index (κ3) is 3.33. The number of nitrogens with zero attached hydrogens (tertiary/aromatic N) is 5. The zero-order chi connectivity index (χ0) is 17.9. The van der Waals surface area contributed by atoms with Gasteiger partial charge in [0.15, 0.2) is 0 Å². The number of morpholine rings is 1. The van der Waals surface area contributed by atoms with Crippen molar-refractivity contribution in [1.29, 1.82) is 0 Å². The average molecular weight is 356 g/mol. The minimum atomic E-state index is -0.352. The molecule has 1 aromatic carbocycles. The van der Waals surface area contributed by atoms with E-state index in [-0.39, 0.29) is 5.82 Å². The Bertz CT molecular complexity index is 932. The molecular weight excluding hydrogens is 339 g/mol. The first-order chi connectivity index (χ1) is 12.7. The SMILES string of the molecule is COc1cc(N2CCOCC2)nc(Nc2ncnc3cc(F)ccc23)n1. The molecule has 2 aromatic heterocycles. The summed E-state index contributed by atoms with van der Waals surface area (Å²) >= 11 is 0. The number of rotatable bonds is 4. The largest absolute Gasteiger partial charge is 0.481 e. The Morgan fingerprint density at radius 3 is 2.81 bits per heavy atom. The van der Waals surface area contributed by atoms with Crippen molar-refractivity contribution < 1.29 is 13.9 Å². The van der Waals surface area contributed by atoms with Gasteiger partial charge in [-0.3, -0.25) is 0 Å². The van der Waals surface area contributed by atoms with Crippen molar-refractivity contribution in [1.82, 2.24) is 19.9 Å². The molecule has 1 fully saturated rings. The Kier molecular flexibility index (Phi) is 4.44. The Labute approximate surface area is 149 Å². The summed E-state index contributed by atoms with van der Waals surface area (Å²) in [6.45, 7) is 2.79. The van der Waals surface area contributed by atoms with Crippen LogP contribution in [0, 0.1) is 5.82 Å². The van der Waals surface area contributed by atoms with E-state index >= 15 is 0 Å². The Morgan fingerprint density at radius 2 is 2.00 bits per heavy atom. The lowest BCUT2D eigenvalue weighted by Gasteiger charge is -2.28. The molecular formula is C17H17FN6O2. The molecule has 0 bridgehead atoms. The topological polar surface area (TPSA) is 85.3 Å². The fraction of sp³-hybridized carbons (Fsp3) is 0.294. The van der Waals surface area contributed by atoms with Crippen molar-refractivity contribution in [2.24, 2.45) is 0 Å². The number of hydrogen-bond donors (Lipinski definition) is 1. The van der Waals surface area contributed by atoms with Crippen LogP contribution < -0.4 is 15.0 Å². The highest BCUT2D eigenvalue weighted by Gasteiger charge is 2.16. The van der Waals surface area contributed by atoms with E-state index in [0.29, 0.717) is 41.8 Å². The number of ether oxygens (including phenoxy) is 2. The number of halogens is 1. The van der Waals surface area contributed by atoms with Crippen LogP contribution in [0.3, 0.4) is 0 Å². The summed E-state index contributed by atoms with van der Waals surface area (Å²) in [5, 5.41) is 3.76. The van der Waals surface area contributed by atoms with Gasteiger partial charge in [-0.2, -0.15) is 9.97 Å². The fourth-order valence-corrected chi connectivity index (χ4v) is 2.76. The van der Waals surface area contributed by atoms with Crippen LogP contribution in [0.2, 0.25) is 0 Å². The van der Waals surface area contributed by atoms with Crippen molar-refractivity contribution in [2.75, 3.05) is 43.6 Å². The smallest absolute Gasteiger partial charge is 0.233 e. The average Bonchev–Trinajstić information content (AvgIpc) is 2.68. The standard InChI is InChI=1S/C17H17FN6O2/c1-25-15-9-14(24-4-6-26-7-5-24)21-17(22-15)23-16-12-3-2-11(18)8-13(12)19-10-20-16/h2-3,8-10H,4-7H2,1H3,(H,19,20,21,22,23). The number of aromatic nitrogens is 4. The van der Waals surface area contributed by atoms with E-state index in [2.05, 4.69) is 30.2 Å². The van der Waals surface area contributed by atoms with Gasteiger partial charge in [-0.25, -0.2) is 14.4 Å². The first-order valence-electron chi connectivity index (χ1n) is 8.16. The Hall–Kier alpha value is -3.07. The van der Waals surface area contributed by atoms with Gasteiger partial charge in [0.2, 0.25) is 11.8 Å². The monoisotopic (exact) mass is 356 g/mol. The number of benzene rings is 1. The van der Waals surface area contributed by atoms with Crippen LogP contribution in [-0.4, -0.2) is 53.3 Å². The predicted octanol–water partition coefficient (Wildman–Crippen LogP) is 2.15. The molecule has 0 atom stereocenters. The zero-order valence-electron chi connectivity index (χ0n) is 14.1. The normalized spacial score (nSPS) is 14.5. The van der Waals surface area contributed by atoms with Crippen LogP contribution in [0.15, 0.2) is 30.6 Å². The number of anilines is 3. The first kappa shape index (κ1) is 16.4. The lowest BCUT2D eigenvalue weighted by molar-refractivity contribution is 0.122. The molecule has 9 heteroatoms. The minimum absolute atomic E-state index is 0.343. The van der Waals surface area contributed by atoms with Crippen molar-refractivity contribution >= 4 is 28.5 Å². The molecule has 1 N–H and O–H groups in total. The molecule has 0 unspecified atom stereocenters. The summed E-state index contributed by atoms with van der Waals surface area (Å²) in [5.74, 6) is 1.67. The second-order valence-corrected chi connectivity index (χ2v) is 5.70. The maximum atomic E-state index is 13.4. The molecule has 3 heterocycles. The van der Waals surface area contributed by atoms with Crippen molar-refractivity contribution in [3.63, 3.8) is 0 Å². The molecule has 0 amide bonds. The van der Waals surface area contributed by atoms with Gasteiger partial charge in [-0.05, 0) is 12.1 Å². The van der Waals surface area contributed by atoms with Gasteiger partial charge < -0.3 is 19.7 Å².